The number of aryl methyl sites for hydroxylation is 1. The van der Waals surface area contributed by atoms with Gasteiger partial charge in [0.1, 0.15) is 5.70 Å². The fraction of sp³-hybridized carbons (Fsp3) is 0.292. The molecule has 0 unspecified atom stereocenters. The van der Waals surface area contributed by atoms with Crippen molar-refractivity contribution in [1.82, 2.24) is 10.2 Å². The summed E-state index contributed by atoms with van der Waals surface area (Å²) in [6, 6.07) is 12.2. The molecule has 2 aromatic carbocycles. The Hall–Kier alpha value is -3.81. The number of hydrogen-bond acceptors (Lipinski definition) is 6. The van der Waals surface area contributed by atoms with E-state index in [2.05, 4.69) is 5.32 Å². The van der Waals surface area contributed by atoms with Gasteiger partial charge in [0.15, 0.2) is 18.1 Å². The highest BCUT2D eigenvalue weighted by Crippen LogP contribution is 2.30. The van der Waals surface area contributed by atoms with Crippen molar-refractivity contribution in [3.63, 3.8) is 0 Å². The third-order valence-electron chi connectivity index (χ3n) is 4.61. The topological polar surface area (TPSA) is 94.2 Å². The maximum Gasteiger partial charge on any atom is 0.344 e. The molecule has 0 spiro atoms. The number of benzene rings is 2. The van der Waals surface area contributed by atoms with E-state index in [9.17, 15) is 14.4 Å². The molecule has 168 valence electrons. The van der Waals surface area contributed by atoms with Crippen LogP contribution in [0.5, 0.6) is 11.5 Å². The monoisotopic (exact) mass is 438 g/mol. The van der Waals surface area contributed by atoms with Crippen molar-refractivity contribution in [3.05, 3.63) is 64.9 Å². The molecule has 2 aromatic rings. The molecular weight excluding hydrogens is 412 g/mol. The van der Waals surface area contributed by atoms with Gasteiger partial charge in [-0.3, -0.25) is 9.69 Å². The molecule has 1 saturated heterocycles. The highest BCUT2D eigenvalue weighted by atomic mass is 16.6. The van der Waals surface area contributed by atoms with Crippen LogP contribution in [0.4, 0.5) is 4.79 Å². The summed E-state index contributed by atoms with van der Waals surface area (Å²) in [6.07, 6.45) is 1.58. The van der Waals surface area contributed by atoms with Crippen LogP contribution in [0.25, 0.3) is 6.08 Å². The van der Waals surface area contributed by atoms with Crippen molar-refractivity contribution in [2.45, 2.75) is 27.3 Å². The zero-order chi connectivity index (χ0) is 23.1. The van der Waals surface area contributed by atoms with Gasteiger partial charge in [-0.2, -0.15) is 0 Å². The Morgan fingerprint density at radius 2 is 1.84 bits per heavy atom. The van der Waals surface area contributed by atoms with Gasteiger partial charge in [0.25, 0.3) is 5.91 Å². The predicted octanol–water partition coefficient (Wildman–Crippen LogP) is 3.43. The van der Waals surface area contributed by atoms with Gasteiger partial charge in [0, 0.05) is 0 Å². The van der Waals surface area contributed by atoms with E-state index in [1.807, 2.05) is 38.1 Å². The van der Waals surface area contributed by atoms with E-state index in [0.717, 1.165) is 11.1 Å². The van der Waals surface area contributed by atoms with Crippen LogP contribution >= 0.6 is 0 Å². The zero-order valence-corrected chi connectivity index (χ0v) is 18.3. The van der Waals surface area contributed by atoms with Crippen LogP contribution in [0, 0.1) is 6.92 Å². The molecule has 3 rings (SSSR count). The number of nitrogens with zero attached hydrogens (tertiary/aromatic N) is 1. The summed E-state index contributed by atoms with van der Waals surface area (Å²) >= 11 is 0. The van der Waals surface area contributed by atoms with E-state index in [0.29, 0.717) is 23.7 Å². The quantitative estimate of drug-likeness (QED) is 0.366. The number of carbonyl (C=O) groups excluding carboxylic acids is 3. The molecule has 3 amide bonds. The molecule has 0 aromatic heterocycles. The fourth-order valence-corrected chi connectivity index (χ4v) is 3.22. The number of carbonyl (C=O) groups is 3. The molecule has 0 saturated carbocycles. The Morgan fingerprint density at radius 1 is 1.03 bits per heavy atom. The number of ether oxygens (including phenoxy) is 3. The largest absolute Gasteiger partial charge is 0.490 e. The van der Waals surface area contributed by atoms with Crippen molar-refractivity contribution in [3.8, 4) is 11.5 Å². The first-order valence-corrected chi connectivity index (χ1v) is 10.4. The molecule has 32 heavy (non-hydrogen) atoms. The third kappa shape index (κ3) is 5.66. The van der Waals surface area contributed by atoms with Gasteiger partial charge >= 0.3 is 12.0 Å². The Balaban J connectivity index is 1.76. The number of rotatable bonds is 9. The number of imide groups is 1. The maximum atomic E-state index is 12.8. The fourth-order valence-electron chi connectivity index (χ4n) is 3.22. The lowest BCUT2D eigenvalue weighted by atomic mass is 10.1. The molecule has 1 heterocycles. The first-order chi connectivity index (χ1) is 15.4. The molecule has 8 nitrogen and oxygen atoms in total. The molecule has 0 bridgehead atoms. The first kappa shape index (κ1) is 22.9. The molecule has 1 N–H and O–H groups in total. The van der Waals surface area contributed by atoms with Crippen molar-refractivity contribution >= 4 is 24.0 Å². The second kappa shape index (κ2) is 10.5. The van der Waals surface area contributed by atoms with Crippen molar-refractivity contribution in [2.24, 2.45) is 0 Å². The van der Waals surface area contributed by atoms with Crippen LogP contribution in [0.2, 0.25) is 0 Å². The molecule has 0 aliphatic carbocycles. The summed E-state index contributed by atoms with van der Waals surface area (Å²) in [6.45, 7) is 6.10. The van der Waals surface area contributed by atoms with Gasteiger partial charge in [-0.15, -0.1) is 0 Å². The lowest BCUT2D eigenvalue weighted by Gasteiger charge is -2.12. The highest BCUT2D eigenvalue weighted by molar-refractivity contribution is 6.13. The average Bonchev–Trinajstić information content (AvgIpc) is 3.01. The summed E-state index contributed by atoms with van der Waals surface area (Å²) in [5.74, 6) is -0.0874. The van der Waals surface area contributed by atoms with Crippen LogP contribution in [-0.2, 0) is 20.9 Å². The second-order valence-corrected chi connectivity index (χ2v) is 7.10. The number of amides is 3. The number of nitrogens with one attached hydrogen (secondary N) is 1. The van der Waals surface area contributed by atoms with Crippen LogP contribution in [0.15, 0.2) is 48.2 Å². The van der Waals surface area contributed by atoms with Gasteiger partial charge < -0.3 is 19.5 Å². The van der Waals surface area contributed by atoms with Gasteiger partial charge in [-0.25, -0.2) is 9.59 Å². The lowest BCUT2D eigenvalue weighted by molar-refractivity contribution is -0.145. The van der Waals surface area contributed by atoms with E-state index in [1.165, 1.54) is 4.90 Å². The van der Waals surface area contributed by atoms with E-state index in [-0.39, 0.29) is 25.5 Å². The summed E-state index contributed by atoms with van der Waals surface area (Å²) in [5.41, 5.74) is 2.74. The minimum Gasteiger partial charge on any atom is -0.490 e. The van der Waals surface area contributed by atoms with Crippen molar-refractivity contribution < 1.29 is 28.6 Å². The first-order valence-electron chi connectivity index (χ1n) is 10.4. The maximum absolute atomic E-state index is 12.8. The molecule has 1 aliphatic heterocycles. The molecule has 1 fully saturated rings. The third-order valence-corrected chi connectivity index (χ3v) is 4.61. The second-order valence-electron chi connectivity index (χ2n) is 7.10. The van der Waals surface area contributed by atoms with Crippen LogP contribution < -0.4 is 14.8 Å². The SMILES string of the molecule is CCOC(=O)COc1ccc(/C=C2/NC(=O)N(Cc3cccc(C)c3)C2=O)cc1OCC. The smallest absolute Gasteiger partial charge is 0.344 e. The summed E-state index contributed by atoms with van der Waals surface area (Å²) < 4.78 is 16.0. The summed E-state index contributed by atoms with van der Waals surface area (Å²) in [4.78, 5) is 37.9. The molecule has 0 atom stereocenters. The minimum absolute atomic E-state index is 0.172. The lowest BCUT2D eigenvalue weighted by Crippen LogP contribution is -2.30. The molecule has 0 radical (unpaired) electrons. The van der Waals surface area contributed by atoms with Crippen LogP contribution in [-0.4, -0.2) is 42.6 Å². The van der Waals surface area contributed by atoms with E-state index < -0.39 is 17.9 Å². The molecular formula is C24H26N2O6. The number of hydrogen-bond donors (Lipinski definition) is 1. The van der Waals surface area contributed by atoms with Crippen LogP contribution in [0.3, 0.4) is 0 Å². The van der Waals surface area contributed by atoms with Gasteiger partial charge in [-0.05, 0) is 50.1 Å². The predicted molar refractivity (Wildman–Crippen MR) is 118 cm³/mol. The Kier molecular flexibility index (Phi) is 7.49. The zero-order valence-electron chi connectivity index (χ0n) is 18.3. The Bertz CT molecular complexity index is 1050. The minimum atomic E-state index is -0.478. The molecule has 1 aliphatic rings. The normalized spacial score (nSPS) is 14.5. The number of urea groups is 1. The average molecular weight is 438 g/mol. The van der Waals surface area contributed by atoms with Crippen LogP contribution in [0.1, 0.15) is 30.5 Å². The van der Waals surface area contributed by atoms with Crippen molar-refractivity contribution in [1.29, 1.82) is 0 Å². The van der Waals surface area contributed by atoms with Gasteiger partial charge in [-0.1, -0.05) is 35.9 Å². The van der Waals surface area contributed by atoms with Gasteiger partial charge in [0.05, 0.1) is 19.8 Å². The highest BCUT2D eigenvalue weighted by Gasteiger charge is 2.33. The Morgan fingerprint density at radius 3 is 2.56 bits per heavy atom. The summed E-state index contributed by atoms with van der Waals surface area (Å²) in [7, 11) is 0. The molecule has 8 heteroatoms. The summed E-state index contributed by atoms with van der Waals surface area (Å²) in [5, 5.41) is 2.62. The van der Waals surface area contributed by atoms with Gasteiger partial charge in [0.2, 0.25) is 0 Å². The standard InChI is InChI=1S/C24H26N2O6/c1-4-30-21-13-17(9-10-20(21)32-15-22(27)31-5-2)12-19-23(28)26(24(29)25-19)14-18-8-6-7-16(3)11-18/h6-13H,4-5,14-15H2,1-3H3,(H,25,29)/b19-12+. The van der Waals surface area contributed by atoms with E-state index >= 15 is 0 Å². The Labute approximate surface area is 186 Å². The van der Waals surface area contributed by atoms with E-state index in [4.69, 9.17) is 14.2 Å². The van der Waals surface area contributed by atoms with Crippen molar-refractivity contribution in [2.75, 3.05) is 19.8 Å². The number of esters is 1. The van der Waals surface area contributed by atoms with E-state index in [1.54, 1.807) is 31.2 Å².